The monoisotopic (exact) mass is 417 g/mol. The van der Waals surface area contributed by atoms with E-state index < -0.39 is 5.92 Å². The van der Waals surface area contributed by atoms with Gasteiger partial charge in [0.2, 0.25) is 5.91 Å². The zero-order valence-electron chi connectivity index (χ0n) is 17.8. The number of hydrogen-bond donors (Lipinski definition) is 2. The zero-order chi connectivity index (χ0) is 22.0. The Balaban J connectivity index is 1.55. The Morgan fingerprint density at radius 3 is 2.61 bits per heavy atom. The van der Waals surface area contributed by atoms with Crippen LogP contribution in [0, 0.1) is 0 Å². The van der Waals surface area contributed by atoms with Crippen LogP contribution < -0.4 is 0 Å². The Morgan fingerprint density at radius 1 is 1.13 bits per heavy atom. The summed E-state index contributed by atoms with van der Waals surface area (Å²) in [7, 11) is 3.46. The van der Waals surface area contributed by atoms with Crippen molar-refractivity contribution in [2.24, 2.45) is 0 Å². The van der Waals surface area contributed by atoms with E-state index in [0.29, 0.717) is 18.8 Å². The number of amides is 2. The molecule has 2 N–H and O–H groups in total. The maximum atomic E-state index is 13.2. The number of nitrogens with one attached hydrogen (secondary N) is 1. The van der Waals surface area contributed by atoms with E-state index in [1.165, 1.54) is 0 Å². The van der Waals surface area contributed by atoms with Gasteiger partial charge in [-0.2, -0.15) is 0 Å². The third-order valence-electron chi connectivity index (χ3n) is 5.78. The topological polar surface area (TPSA) is 76.6 Å². The number of rotatable bonds is 5. The lowest BCUT2D eigenvalue weighted by atomic mass is 9.95. The van der Waals surface area contributed by atoms with Crippen LogP contribution in [0.15, 0.2) is 60.7 Å². The third-order valence-corrected chi connectivity index (χ3v) is 5.78. The highest BCUT2D eigenvalue weighted by atomic mass is 16.3. The first-order chi connectivity index (χ1) is 15.0. The molecule has 1 aromatic heterocycles. The second kappa shape index (κ2) is 8.78. The lowest BCUT2D eigenvalue weighted by Gasteiger charge is -2.30. The summed E-state index contributed by atoms with van der Waals surface area (Å²) in [6, 6.07) is 17.3. The maximum Gasteiger partial charge on any atom is 0.269 e. The molecule has 0 spiro atoms. The molecule has 2 aromatic carbocycles. The molecular formula is C25H27N3O3. The number of aliphatic hydroxyl groups is 1. The first-order valence-corrected chi connectivity index (χ1v) is 10.5. The van der Waals surface area contributed by atoms with Crippen molar-refractivity contribution in [2.75, 3.05) is 33.8 Å². The van der Waals surface area contributed by atoms with Gasteiger partial charge in [-0.3, -0.25) is 9.59 Å². The summed E-state index contributed by atoms with van der Waals surface area (Å²) in [4.78, 5) is 32.0. The van der Waals surface area contributed by atoms with E-state index in [9.17, 15) is 14.7 Å². The second-order valence-corrected chi connectivity index (χ2v) is 8.11. The van der Waals surface area contributed by atoms with Gasteiger partial charge in [-0.05, 0) is 35.3 Å². The zero-order valence-corrected chi connectivity index (χ0v) is 17.8. The van der Waals surface area contributed by atoms with Crippen LogP contribution >= 0.6 is 0 Å². The van der Waals surface area contributed by atoms with Crippen LogP contribution in [0.5, 0.6) is 0 Å². The van der Waals surface area contributed by atoms with Crippen LogP contribution in [0.25, 0.3) is 16.5 Å². The molecule has 2 amide bonds. The number of nitrogens with zero attached hydrogens (tertiary/aromatic N) is 2. The molecule has 4 rings (SSSR count). The Bertz CT molecular complexity index is 1130. The first-order valence-electron chi connectivity index (χ1n) is 10.5. The molecule has 31 heavy (non-hydrogen) atoms. The fraction of sp³-hybridized carbons (Fsp3) is 0.280. The van der Waals surface area contributed by atoms with Crippen LogP contribution in [-0.4, -0.2) is 65.5 Å². The van der Waals surface area contributed by atoms with Gasteiger partial charge in [0.25, 0.3) is 5.91 Å². The Morgan fingerprint density at radius 2 is 1.90 bits per heavy atom. The van der Waals surface area contributed by atoms with E-state index in [2.05, 4.69) is 11.1 Å². The number of aliphatic hydroxyl groups excluding tert-OH is 1. The molecule has 0 unspecified atom stereocenters. The Kier molecular flexibility index (Phi) is 5.91. The summed E-state index contributed by atoms with van der Waals surface area (Å²) in [5, 5.41) is 10.8. The average molecular weight is 418 g/mol. The highest BCUT2D eigenvalue weighted by molar-refractivity contribution is 5.98. The van der Waals surface area contributed by atoms with Crippen molar-refractivity contribution in [1.82, 2.24) is 14.8 Å². The van der Waals surface area contributed by atoms with E-state index in [1.807, 2.05) is 59.5 Å². The number of carbonyl (C=O) groups is 2. The molecule has 2 heterocycles. The van der Waals surface area contributed by atoms with E-state index >= 15 is 0 Å². The number of hydrogen-bond acceptors (Lipinski definition) is 3. The summed E-state index contributed by atoms with van der Waals surface area (Å²) in [6.07, 6.45) is 2.93. The summed E-state index contributed by atoms with van der Waals surface area (Å²) >= 11 is 0. The molecular weight excluding hydrogens is 390 g/mol. The molecule has 1 aliphatic rings. The number of H-pyrrole nitrogens is 1. The van der Waals surface area contributed by atoms with E-state index in [0.717, 1.165) is 34.0 Å². The second-order valence-electron chi connectivity index (χ2n) is 8.11. The normalized spacial score (nSPS) is 14.9. The van der Waals surface area contributed by atoms with Crippen molar-refractivity contribution < 1.29 is 14.7 Å². The maximum absolute atomic E-state index is 13.2. The molecule has 1 atom stereocenters. The van der Waals surface area contributed by atoms with Crippen molar-refractivity contribution >= 4 is 28.3 Å². The summed E-state index contributed by atoms with van der Waals surface area (Å²) < 4.78 is 0. The number of benzene rings is 2. The molecule has 0 saturated carbocycles. The van der Waals surface area contributed by atoms with Gasteiger partial charge in [0, 0.05) is 38.1 Å². The van der Waals surface area contributed by atoms with E-state index in [4.69, 9.17) is 0 Å². The predicted octanol–water partition coefficient (Wildman–Crippen LogP) is 3.26. The van der Waals surface area contributed by atoms with Crippen molar-refractivity contribution in [3.63, 3.8) is 0 Å². The summed E-state index contributed by atoms with van der Waals surface area (Å²) in [6.45, 7) is 0.922. The number of carbonyl (C=O) groups excluding carboxylic acids is 2. The minimum absolute atomic E-state index is 0.0564. The van der Waals surface area contributed by atoms with Gasteiger partial charge in [-0.25, -0.2) is 0 Å². The number of fused-ring (bicyclic) bond motifs is 1. The van der Waals surface area contributed by atoms with Crippen molar-refractivity contribution in [3.8, 4) is 0 Å². The highest BCUT2D eigenvalue weighted by Crippen LogP contribution is 2.27. The molecule has 0 fully saturated rings. The van der Waals surface area contributed by atoms with Crippen molar-refractivity contribution in [3.05, 3.63) is 77.5 Å². The van der Waals surface area contributed by atoms with Crippen LogP contribution in [0.4, 0.5) is 0 Å². The highest BCUT2D eigenvalue weighted by Gasteiger charge is 2.27. The largest absolute Gasteiger partial charge is 0.395 e. The van der Waals surface area contributed by atoms with Gasteiger partial charge in [0.1, 0.15) is 5.69 Å². The molecule has 3 aromatic rings. The van der Waals surface area contributed by atoms with Gasteiger partial charge < -0.3 is 19.9 Å². The van der Waals surface area contributed by atoms with Gasteiger partial charge in [0.15, 0.2) is 0 Å². The van der Waals surface area contributed by atoms with Crippen LogP contribution in [0.3, 0.4) is 0 Å². The fourth-order valence-electron chi connectivity index (χ4n) is 4.06. The lowest BCUT2D eigenvalue weighted by molar-refractivity contribution is -0.133. The molecule has 6 heteroatoms. The predicted molar refractivity (Wildman–Crippen MR) is 122 cm³/mol. The van der Waals surface area contributed by atoms with Gasteiger partial charge >= 0.3 is 0 Å². The van der Waals surface area contributed by atoms with Gasteiger partial charge in [-0.1, -0.05) is 48.5 Å². The first kappa shape index (κ1) is 20.9. The quantitative estimate of drug-likeness (QED) is 0.669. The number of aromatic amines is 1. The van der Waals surface area contributed by atoms with Crippen molar-refractivity contribution in [1.29, 1.82) is 0 Å². The van der Waals surface area contributed by atoms with Crippen LogP contribution in [0.1, 0.15) is 34.0 Å². The number of aromatic nitrogens is 1. The van der Waals surface area contributed by atoms with Crippen molar-refractivity contribution in [2.45, 2.75) is 12.3 Å². The molecule has 0 bridgehead atoms. The lowest BCUT2D eigenvalue weighted by Crippen LogP contribution is -2.39. The Hall–Kier alpha value is -3.38. The fourth-order valence-corrected chi connectivity index (χ4v) is 4.06. The van der Waals surface area contributed by atoms with Gasteiger partial charge in [0.05, 0.1) is 12.5 Å². The SMILES string of the molecule is CN(C)C(=O)c1cc2ccc(C3=CCCN(C(=O)[C@@H](CO)c4ccccc4)C3)cc2[nH]1. The third kappa shape index (κ3) is 4.25. The molecule has 0 radical (unpaired) electrons. The molecule has 0 saturated heterocycles. The molecule has 6 nitrogen and oxygen atoms in total. The van der Waals surface area contributed by atoms with Crippen LogP contribution in [-0.2, 0) is 4.79 Å². The van der Waals surface area contributed by atoms with E-state index in [-0.39, 0.29) is 18.4 Å². The summed E-state index contributed by atoms with van der Waals surface area (Å²) in [5.41, 5.74) is 4.37. The summed E-state index contributed by atoms with van der Waals surface area (Å²) in [5.74, 6) is -0.674. The minimum atomic E-state index is -0.550. The van der Waals surface area contributed by atoms with E-state index in [1.54, 1.807) is 19.0 Å². The van der Waals surface area contributed by atoms with Crippen LogP contribution in [0.2, 0.25) is 0 Å². The molecule has 1 aliphatic heterocycles. The molecule has 0 aliphatic carbocycles. The average Bonchev–Trinajstić information content (AvgIpc) is 3.23. The Labute approximate surface area is 181 Å². The smallest absolute Gasteiger partial charge is 0.269 e. The van der Waals surface area contributed by atoms with Gasteiger partial charge in [-0.15, -0.1) is 0 Å². The minimum Gasteiger partial charge on any atom is -0.395 e. The standard InChI is InChI=1S/C25H27N3O3/c1-27(2)25(31)23-14-19-11-10-18(13-22(19)26-23)20-9-6-12-28(15-20)24(30)21(16-29)17-7-4-3-5-8-17/h3-5,7-11,13-14,21,26,29H,6,12,15-16H2,1-2H3/t21-/m0/s1. The molecule has 160 valence electrons.